The molecule has 1 N–H and O–H groups in total. The maximum Gasteiger partial charge on any atom is 0.256 e. The third-order valence-corrected chi connectivity index (χ3v) is 4.79. The van der Waals surface area contributed by atoms with Crippen LogP contribution >= 0.6 is 0 Å². The number of furan rings is 1. The Labute approximate surface area is 168 Å². The molecule has 0 radical (unpaired) electrons. The summed E-state index contributed by atoms with van der Waals surface area (Å²) in [5, 5.41) is 4.07. The van der Waals surface area contributed by atoms with Crippen LogP contribution in [0.5, 0.6) is 11.5 Å². The van der Waals surface area contributed by atoms with Crippen molar-refractivity contribution >= 4 is 16.9 Å². The first-order chi connectivity index (χ1) is 14.2. The van der Waals surface area contributed by atoms with Crippen LogP contribution in [0.2, 0.25) is 0 Å². The van der Waals surface area contributed by atoms with Crippen molar-refractivity contribution in [2.75, 3.05) is 14.2 Å². The normalized spacial score (nSPS) is 11.8. The van der Waals surface area contributed by atoms with Gasteiger partial charge in [-0.1, -0.05) is 48.5 Å². The molecule has 1 aromatic heterocycles. The van der Waals surface area contributed by atoms with Crippen molar-refractivity contribution in [2.24, 2.45) is 0 Å². The minimum Gasteiger partial charge on any atom is -0.497 e. The Balaban J connectivity index is 1.74. The summed E-state index contributed by atoms with van der Waals surface area (Å²) in [7, 11) is 3.09. The number of rotatable bonds is 6. The summed E-state index contributed by atoms with van der Waals surface area (Å²) in [5.74, 6) is 1.43. The van der Waals surface area contributed by atoms with Crippen molar-refractivity contribution in [1.82, 2.24) is 5.32 Å². The maximum absolute atomic E-state index is 13.2. The number of nitrogens with one attached hydrogen (secondary N) is 1. The Morgan fingerprint density at radius 2 is 1.66 bits per heavy atom. The van der Waals surface area contributed by atoms with Crippen LogP contribution in [-0.4, -0.2) is 20.1 Å². The van der Waals surface area contributed by atoms with Gasteiger partial charge in [0.05, 0.1) is 19.8 Å². The molecule has 5 nitrogen and oxygen atoms in total. The van der Waals surface area contributed by atoms with Crippen LogP contribution in [-0.2, 0) is 0 Å². The zero-order chi connectivity index (χ0) is 20.2. The molecule has 0 aliphatic rings. The molecule has 1 unspecified atom stereocenters. The van der Waals surface area contributed by atoms with Gasteiger partial charge in [-0.15, -0.1) is 0 Å². The Morgan fingerprint density at radius 3 is 2.38 bits per heavy atom. The minimum absolute atomic E-state index is 0.282. The molecule has 4 rings (SSSR count). The summed E-state index contributed by atoms with van der Waals surface area (Å²) in [6.45, 7) is 0. The van der Waals surface area contributed by atoms with Crippen molar-refractivity contribution in [3.8, 4) is 11.5 Å². The second-order valence-electron chi connectivity index (χ2n) is 6.57. The molecule has 0 aliphatic heterocycles. The molecule has 1 atom stereocenters. The van der Waals surface area contributed by atoms with Crippen molar-refractivity contribution in [3.05, 3.63) is 95.7 Å². The van der Waals surface area contributed by atoms with Gasteiger partial charge in [0, 0.05) is 5.39 Å². The van der Waals surface area contributed by atoms with Crippen LogP contribution in [0, 0.1) is 0 Å². The Morgan fingerprint density at radius 1 is 0.897 bits per heavy atom. The molecule has 0 spiro atoms. The van der Waals surface area contributed by atoms with Crippen LogP contribution in [0.3, 0.4) is 0 Å². The maximum atomic E-state index is 13.2. The summed E-state index contributed by atoms with van der Waals surface area (Å²) < 4.78 is 16.7. The number of para-hydroxylation sites is 1. The second kappa shape index (κ2) is 8.10. The molecular formula is C24H21NO4. The fourth-order valence-electron chi connectivity index (χ4n) is 3.31. The molecule has 0 fully saturated rings. The van der Waals surface area contributed by atoms with Crippen molar-refractivity contribution in [2.45, 2.75) is 6.04 Å². The quantitative estimate of drug-likeness (QED) is 0.507. The lowest BCUT2D eigenvalue weighted by atomic mass is 10.0. The highest BCUT2D eigenvalue weighted by Crippen LogP contribution is 2.30. The largest absolute Gasteiger partial charge is 0.497 e. The van der Waals surface area contributed by atoms with E-state index in [1.807, 2.05) is 60.7 Å². The first kappa shape index (κ1) is 18.6. The van der Waals surface area contributed by atoms with Gasteiger partial charge >= 0.3 is 0 Å². The molecule has 1 amide bonds. The second-order valence-corrected chi connectivity index (χ2v) is 6.57. The van der Waals surface area contributed by atoms with E-state index in [9.17, 15) is 4.79 Å². The van der Waals surface area contributed by atoms with Gasteiger partial charge in [0.25, 0.3) is 5.91 Å². The van der Waals surface area contributed by atoms with Gasteiger partial charge in [-0.3, -0.25) is 4.79 Å². The average molecular weight is 387 g/mol. The van der Waals surface area contributed by atoms with Crippen molar-refractivity contribution < 1.29 is 18.7 Å². The van der Waals surface area contributed by atoms with Gasteiger partial charge in [-0.2, -0.15) is 0 Å². The van der Waals surface area contributed by atoms with Crippen LogP contribution in [0.1, 0.15) is 27.7 Å². The molecule has 29 heavy (non-hydrogen) atoms. The summed E-state index contributed by atoms with van der Waals surface area (Å²) in [6, 6.07) is 24.1. The van der Waals surface area contributed by atoms with E-state index in [4.69, 9.17) is 13.9 Å². The number of hydrogen-bond donors (Lipinski definition) is 1. The van der Waals surface area contributed by atoms with Crippen LogP contribution in [0.25, 0.3) is 11.0 Å². The predicted octanol–water partition coefficient (Wildman–Crippen LogP) is 4.97. The monoisotopic (exact) mass is 387 g/mol. The lowest BCUT2D eigenvalue weighted by Gasteiger charge is -2.18. The number of hydrogen-bond acceptors (Lipinski definition) is 4. The lowest BCUT2D eigenvalue weighted by molar-refractivity contribution is 0.0936. The summed E-state index contributed by atoms with van der Waals surface area (Å²) >= 11 is 0. The smallest absolute Gasteiger partial charge is 0.256 e. The highest BCUT2D eigenvalue weighted by atomic mass is 16.5. The van der Waals surface area contributed by atoms with Gasteiger partial charge in [0.15, 0.2) is 0 Å². The van der Waals surface area contributed by atoms with E-state index in [-0.39, 0.29) is 5.91 Å². The summed E-state index contributed by atoms with van der Waals surface area (Å²) in [6.07, 6.45) is 0. The zero-order valence-electron chi connectivity index (χ0n) is 16.2. The number of carbonyl (C=O) groups excluding carboxylic acids is 1. The topological polar surface area (TPSA) is 60.7 Å². The van der Waals surface area contributed by atoms with E-state index in [0.717, 1.165) is 16.5 Å². The van der Waals surface area contributed by atoms with Crippen molar-refractivity contribution in [3.63, 3.8) is 0 Å². The van der Waals surface area contributed by atoms with Crippen molar-refractivity contribution in [1.29, 1.82) is 0 Å². The van der Waals surface area contributed by atoms with Crippen LogP contribution in [0.15, 0.2) is 83.3 Å². The molecule has 3 aromatic carbocycles. The SMILES string of the molecule is COc1ccc(OC)c(C(=O)NC(c2ccccc2)c2cc3ccccc3o2)c1. The molecule has 1 heterocycles. The Hall–Kier alpha value is -3.73. The van der Waals surface area contributed by atoms with Crippen LogP contribution in [0.4, 0.5) is 0 Å². The van der Waals surface area contributed by atoms with E-state index >= 15 is 0 Å². The number of ether oxygens (including phenoxy) is 2. The molecule has 146 valence electrons. The average Bonchev–Trinajstić information content (AvgIpc) is 3.21. The number of methoxy groups -OCH3 is 2. The van der Waals surface area contributed by atoms with E-state index < -0.39 is 6.04 Å². The Kier molecular flexibility index (Phi) is 5.20. The first-order valence-electron chi connectivity index (χ1n) is 9.26. The van der Waals surface area contributed by atoms with Gasteiger partial charge < -0.3 is 19.2 Å². The molecule has 0 bridgehead atoms. The number of amides is 1. The Bertz CT molecular complexity index is 1100. The fraction of sp³-hybridized carbons (Fsp3) is 0.125. The molecular weight excluding hydrogens is 366 g/mol. The molecule has 4 aromatic rings. The molecule has 0 saturated heterocycles. The van der Waals surface area contributed by atoms with E-state index in [0.29, 0.717) is 22.8 Å². The van der Waals surface area contributed by atoms with E-state index in [1.165, 1.54) is 7.11 Å². The zero-order valence-corrected chi connectivity index (χ0v) is 16.2. The number of fused-ring (bicyclic) bond motifs is 1. The standard InChI is InChI=1S/C24H21NO4/c1-27-18-12-13-21(28-2)19(15-18)24(26)25-23(16-8-4-3-5-9-16)22-14-17-10-6-7-11-20(17)29-22/h3-15,23H,1-2H3,(H,25,26). The fourth-order valence-corrected chi connectivity index (χ4v) is 3.31. The van der Waals surface area contributed by atoms with E-state index in [1.54, 1.807) is 25.3 Å². The minimum atomic E-state index is -0.452. The highest BCUT2D eigenvalue weighted by Gasteiger charge is 2.23. The molecule has 0 saturated carbocycles. The summed E-state index contributed by atoms with van der Waals surface area (Å²) in [4.78, 5) is 13.2. The first-order valence-corrected chi connectivity index (χ1v) is 9.26. The predicted molar refractivity (Wildman–Crippen MR) is 112 cm³/mol. The summed E-state index contributed by atoms with van der Waals surface area (Å²) in [5.41, 5.74) is 2.09. The number of benzene rings is 3. The highest BCUT2D eigenvalue weighted by molar-refractivity contribution is 5.98. The molecule has 0 aliphatic carbocycles. The lowest BCUT2D eigenvalue weighted by Crippen LogP contribution is -2.29. The third-order valence-electron chi connectivity index (χ3n) is 4.79. The van der Waals surface area contributed by atoms with E-state index in [2.05, 4.69) is 5.32 Å². The van der Waals surface area contributed by atoms with Gasteiger partial charge in [0.1, 0.15) is 28.9 Å². The van der Waals surface area contributed by atoms with Gasteiger partial charge in [0.2, 0.25) is 0 Å². The number of carbonyl (C=O) groups is 1. The van der Waals surface area contributed by atoms with Gasteiger partial charge in [-0.25, -0.2) is 0 Å². The van der Waals surface area contributed by atoms with Gasteiger partial charge in [-0.05, 0) is 35.9 Å². The molecule has 5 heteroatoms. The third kappa shape index (κ3) is 3.80. The van der Waals surface area contributed by atoms with Crippen LogP contribution < -0.4 is 14.8 Å².